The van der Waals surface area contributed by atoms with Crippen LogP contribution in [0.5, 0.6) is 0 Å². The fourth-order valence-corrected chi connectivity index (χ4v) is 11.7. The Bertz CT molecular complexity index is 1510. The van der Waals surface area contributed by atoms with Crippen LogP contribution in [0.25, 0.3) is 0 Å². The van der Waals surface area contributed by atoms with Crippen molar-refractivity contribution in [2.24, 2.45) is 0 Å². The number of esters is 1. The molecule has 0 aliphatic carbocycles. The van der Waals surface area contributed by atoms with E-state index < -0.39 is 20.0 Å². The van der Waals surface area contributed by atoms with Crippen molar-refractivity contribution in [3.8, 4) is 0 Å². The lowest BCUT2D eigenvalue weighted by molar-refractivity contribution is -0.870. The van der Waals surface area contributed by atoms with E-state index in [1.165, 1.54) is 270 Å². The van der Waals surface area contributed by atoms with Gasteiger partial charge in [-0.3, -0.25) is 18.6 Å². The van der Waals surface area contributed by atoms with Gasteiger partial charge in [0.2, 0.25) is 5.91 Å². The van der Waals surface area contributed by atoms with Gasteiger partial charge in [-0.15, -0.1) is 0 Å². The average Bonchev–Trinajstić information content (AvgIpc) is 3.51. The maximum Gasteiger partial charge on any atom is 0.472 e. The summed E-state index contributed by atoms with van der Waals surface area (Å²) in [6.45, 7) is 7.05. The Hall–Kier alpha value is -1.77. The highest BCUT2D eigenvalue weighted by Crippen LogP contribution is 2.43. The molecule has 3 atom stereocenters. The van der Waals surface area contributed by atoms with E-state index in [1.54, 1.807) is 0 Å². The molecular formula is C73H142N2O7P+. The van der Waals surface area contributed by atoms with Crippen molar-refractivity contribution in [3.63, 3.8) is 0 Å². The minimum absolute atomic E-state index is 0.0433. The predicted molar refractivity (Wildman–Crippen MR) is 360 cm³/mol. The minimum Gasteiger partial charge on any atom is -0.456 e. The molecule has 0 aliphatic rings. The highest BCUT2D eigenvalue weighted by molar-refractivity contribution is 7.47. The molecule has 490 valence electrons. The van der Waals surface area contributed by atoms with Crippen molar-refractivity contribution in [2.45, 2.75) is 380 Å². The number of likely N-dealkylation sites (N-methyl/N-ethyl adjacent to an activating group) is 1. The largest absolute Gasteiger partial charge is 0.472 e. The van der Waals surface area contributed by atoms with Crippen LogP contribution in [-0.2, 0) is 27.9 Å². The molecule has 0 fully saturated rings. The first-order chi connectivity index (χ1) is 40.4. The van der Waals surface area contributed by atoms with E-state index in [-0.39, 0.29) is 25.1 Å². The third kappa shape index (κ3) is 64.5. The van der Waals surface area contributed by atoms with E-state index in [0.717, 1.165) is 64.2 Å². The number of phosphoric acid groups is 1. The second-order valence-electron chi connectivity index (χ2n) is 26.1. The molecule has 83 heavy (non-hydrogen) atoms. The number of hydrogen-bond donors (Lipinski definition) is 2. The summed E-state index contributed by atoms with van der Waals surface area (Å²) in [4.78, 5) is 37.9. The summed E-state index contributed by atoms with van der Waals surface area (Å²) in [5.41, 5.74) is 0. The molecule has 0 spiro atoms. The van der Waals surface area contributed by atoms with Crippen LogP contribution >= 0.6 is 7.82 Å². The van der Waals surface area contributed by atoms with Gasteiger partial charge in [-0.2, -0.15) is 0 Å². The number of ether oxygens (including phenoxy) is 1. The molecule has 0 aromatic carbocycles. The Balaban J connectivity index is 4.97. The van der Waals surface area contributed by atoms with Crippen LogP contribution < -0.4 is 5.32 Å². The van der Waals surface area contributed by atoms with Gasteiger partial charge >= 0.3 is 13.8 Å². The monoisotopic (exact) mass is 1190 g/mol. The highest BCUT2D eigenvalue weighted by atomic mass is 31.2. The fraction of sp³-hybridized carbons (Fsp3) is 0.890. The van der Waals surface area contributed by atoms with Gasteiger partial charge in [-0.25, -0.2) is 4.57 Å². The van der Waals surface area contributed by atoms with Crippen LogP contribution in [-0.4, -0.2) is 74.3 Å². The summed E-state index contributed by atoms with van der Waals surface area (Å²) in [5, 5.41) is 3.08. The van der Waals surface area contributed by atoms with Crippen molar-refractivity contribution in [1.82, 2.24) is 5.32 Å². The normalized spacial score (nSPS) is 13.7. The van der Waals surface area contributed by atoms with Crippen LogP contribution in [0, 0.1) is 0 Å². The first-order valence-corrected chi connectivity index (χ1v) is 37.8. The van der Waals surface area contributed by atoms with E-state index in [1.807, 2.05) is 33.3 Å². The number of unbranched alkanes of at least 4 members (excludes halogenated alkanes) is 47. The highest BCUT2D eigenvalue weighted by Gasteiger charge is 2.30. The Kier molecular flexibility index (Phi) is 61.9. The van der Waals surface area contributed by atoms with Gasteiger partial charge in [0.1, 0.15) is 19.3 Å². The number of hydrogen-bond acceptors (Lipinski definition) is 6. The fourth-order valence-electron chi connectivity index (χ4n) is 11.0. The number of quaternary nitrogens is 1. The number of carbonyl (C=O) groups excluding carboxylic acids is 2. The molecule has 2 N–H and O–H groups in total. The number of amides is 1. The molecule has 0 aliphatic heterocycles. The van der Waals surface area contributed by atoms with Crippen molar-refractivity contribution < 1.29 is 37.3 Å². The minimum atomic E-state index is -4.45. The van der Waals surface area contributed by atoms with Crippen LogP contribution in [0.3, 0.4) is 0 Å². The van der Waals surface area contributed by atoms with Gasteiger partial charge in [-0.1, -0.05) is 327 Å². The van der Waals surface area contributed by atoms with Crippen LogP contribution in [0.1, 0.15) is 367 Å². The smallest absolute Gasteiger partial charge is 0.456 e. The molecule has 0 saturated heterocycles. The van der Waals surface area contributed by atoms with E-state index >= 15 is 0 Å². The van der Waals surface area contributed by atoms with Crippen molar-refractivity contribution in [1.29, 1.82) is 0 Å². The molecule has 0 bridgehead atoms. The average molecular weight is 1190 g/mol. The number of rotatable bonds is 67. The number of phosphoric ester groups is 1. The van der Waals surface area contributed by atoms with Gasteiger partial charge in [-0.05, 0) is 63.9 Å². The first kappa shape index (κ1) is 81.2. The molecule has 10 heteroatoms. The number of carbonyl (C=O) groups is 2. The number of nitrogens with one attached hydrogen (secondary N) is 1. The lowest BCUT2D eigenvalue weighted by atomic mass is 10.0. The van der Waals surface area contributed by atoms with Gasteiger partial charge in [0.15, 0.2) is 0 Å². The molecule has 0 aromatic heterocycles. The zero-order chi connectivity index (χ0) is 60.7. The molecule has 0 rings (SSSR count). The summed E-state index contributed by atoms with van der Waals surface area (Å²) in [7, 11) is 1.51. The van der Waals surface area contributed by atoms with E-state index in [4.69, 9.17) is 13.8 Å². The van der Waals surface area contributed by atoms with Crippen LogP contribution in [0.4, 0.5) is 0 Å². The van der Waals surface area contributed by atoms with E-state index in [9.17, 15) is 19.0 Å². The zero-order valence-electron chi connectivity index (χ0n) is 56.2. The lowest BCUT2D eigenvalue weighted by Gasteiger charge is -2.27. The predicted octanol–water partition coefficient (Wildman–Crippen LogP) is 23.0. The van der Waals surface area contributed by atoms with E-state index in [2.05, 4.69) is 50.4 Å². The lowest BCUT2D eigenvalue weighted by Crippen LogP contribution is -2.47. The van der Waals surface area contributed by atoms with Gasteiger partial charge in [0.25, 0.3) is 0 Å². The van der Waals surface area contributed by atoms with Crippen molar-refractivity contribution >= 4 is 19.7 Å². The molecule has 9 nitrogen and oxygen atoms in total. The second-order valence-corrected chi connectivity index (χ2v) is 27.6. The summed E-state index contributed by atoms with van der Waals surface area (Å²) in [6.07, 6.45) is 78.8. The standard InChI is InChI=1S/C73H141N2O7P/c1-7-10-13-16-19-22-25-27-29-31-33-35-37-39-41-43-45-47-50-53-56-59-62-65-72(76)74-70(69-81-83(78,79)80-68-67-75(4,5)6)71(64-61-58-55-52-49-24-21-18-15-12-9-3)82-73(77)66-63-60-57-54-51-48-46-44-42-40-38-36-34-32-30-28-26-23-20-17-14-11-8-2/h20,23,28,30,61,64,70-71H,7-19,21-22,24-27,29,31-60,62-63,65-69H2,1-6H3,(H-,74,76,78,79)/p+1/b23-20-,30-28-,64-61+. The van der Waals surface area contributed by atoms with Crippen molar-refractivity contribution in [2.75, 3.05) is 40.9 Å². The first-order valence-electron chi connectivity index (χ1n) is 36.3. The van der Waals surface area contributed by atoms with Gasteiger partial charge < -0.3 is 19.4 Å². The molecular weight excluding hydrogens is 1050 g/mol. The Morgan fingerprint density at radius 1 is 0.422 bits per heavy atom. The van der Waals surface area contributed by atoms with Crippen molar-refractivity contribution in [3.05, 3.63) is 36.5 Å². The summed E-state index contributed by atoms with van der Waals surface area (Å²) in [6, 6.07) is -0.845. The Labute approximate surface area is 516 Å². The molecule has 3 unspecified atom stereocenters. The molecule has 0 aromatic rings. The van der Waals surface area contributed by atoms with E-state index in [0.29, 0.717) is 23.9 Å². The number of nitrogens with zero attached hydrogens (tertiary/aromatic N) is 1. The van der Waals surface area contributed by atoms with Gasteiger partial charge in [0, 0.05) is 12.8 Å². The zero-order valence-corrected chi connectivity index (χ0v) is 57.1. The summed E-state index contributed by atoms with van der Waals surface area (Å²) < 4.78 is 30.8. The maximum absolute atomic E-state index is 13.6. The molecule has 0 radical (unpaired) electrons. The molecule has 1 amide bonds. The second kappa shape index (κ2) is 63.3. The maximum atomic E-state index is 13.6. The quantitative estimate of drug-likeness (QED) is 0.0205. The molecule has 0 saturated carbocycles. The third-order valence-electron chi connectivity index (χ3n) is 16.6. The number of allylic oxidation sites excluding steroid dienone is 5. The third-order valence-corrected chi connectivity index (χ3v) is 17.6. The summed E-state index contributed by atoms with van der Waals surface area (Å²) >= 11 is 0. The van der Waals surface area contributed by atoms with Crippen LogP contribution in [0.15, 0.2) is 36.5 Å². The Morgan fingerprint density at radius 3 is 1.11 bits per heavy atom. The topological polar surface area (TPSA) is 111 Å². The van der Waals surface area contributed by atoms with Crippen LogP contribution in [0.2, 0.25) is 0 Å². The molecule has 0 heterocycles. The SMILES string of the molecule is CCCCC/C=C\C/C=C\CCCCCCCCCCCCCCCC(=O)OC(/C=C/CCCCCCCCCCC)C(COP(=O)(O)OCC[N+](C)(C)C)NC(=O)CCCCCCCCCCCCCCCCCCCCCCCCC. The Morgan fingerprint density at radius 2 is 0.735 bits per heavy atom. The summed E-state index contributed by atoms with van der Waals surface area (Å²) in [5.74, 6) is -0.485. The van der Waals surface area contributed by atoms with Gasteiger partial charge in [0.05, 0.1) is 33.8 Å².